The first-order valence-corrected chi connectivity index (χ1v) is 7.53. The second-order valence-electron chi connectivity index (χ2n) is 5.85. The molecule has 1 aromatic carbocycles. The van der Waals surface area contributed by atoms with E-state index in [1.165, 1.54) is 0 Å². The number of nitrogens with zero attached hydrogens (tertiary/aromatic N) is 2. The Labute approximate surface area is 136 Å². The number of piperazine rings is 1. The van der Waals surface area contributed by atoms with Crippen LogP contribution in [0.2, 0.25) is 0 Å². The van der Waals surface area contributed by atoms with Crippen LogP contribution in [0.3, 0.4) is 0 Å². The molecular formula is C16H22ClN3O2. The van der Waals surface area contributed by atoms with Gasteiger partial charge in [-0.3, -0.25) is 9.59 Å². The number of benzene rings is 1. The SMILES string of the molecule is Cl.NC(CC(=O)N1CCN(C2CC2)C(=O)C1)c1ccccc1. The molecule has 5 nitrogen and oxygen atoms in total. The van der Waals surface area contributed by atoms with E-state index in [4.69, 9.17) is 5.73 Å². The lowest BCUT2D eigenvalue weighted by molar-refractivity contribution is -0.145. The maximum absolute atomic E-state index is 12.3. The Morgan fingerprint density at radius 2 is 1.91 bits per heavy atom. The zero-order valence-corrected chi connectivity index (χ0v) is 13.3. The number of hydrogen-bond acceptors (Lipinski definition) is 3. The Balaban J connectivity index is 0.00000176. The van der Waals surface area contributed by atoms with Crippen LogP contribution in [0, 0.1) is 0 Å². The van der Waals surface area contributed by atoms with Crippen molar-refractivity contribution in [1.82, 2.24) is 9.80 Å². The second kappa shape index (κ2) is 7.11. The van der Waals surface area contributed by atoms with Gasteiger partial charge in [0.05, 0.1) is 6.54 Å². The molecule has 1 saturated carbocycles. The van der Waals surface area contributed by atoms with E-state index in [9.17, 15) is 9.59 Å². The number of nitrogens with two attached hydrogens (primary N) is 1. The van der Waals surface area contributed by atoms with E-state index < -0.39 is 0 Å². The maximum atomic E-state index is 12.3. The number of carbonyl (C=O) groups is 2. The predicted octanol–water partition coefficient (Wildman–Crippen LogP) is 1.33. The van der Waals surface area contributed by atoms with Crippen molar-refractivity contribution in [3.8, 4) is 0 Å². The molecule has 1 unspecified atom stereocenters. The average Bonchev–Trinajstić information content (AvgIpc) is 3.32. The van der Waals surface area contributed by atoms with Gasteiger partial charge in [0, 0.05) is 31.6 Å². The molecule has 0 radical (unpaired) electrons. The maximum Gasteiger partial charge on any atom is 0.242 e. The summed E-state index contributed by atoms with van der Waals surface area (Å²) in [4.78, 5) is 27.9. The van der Waals surface area contributed by atoms with E-state index in [-0.39, 0.29) is 43.2 Å². The highest BCUT2D eigenvalue weighted by Gasteiger charge is 2.36. The molecule has 0 aromatic heterocycles. The van der Waals surface area contributed by atoms with Gasteiger partial charge in [0.25, 0.3) is 0 Å². The molecular weight excluding hydrogens is 302 g/mol. The molecule has 6 heteroatoms. The number of rotatable bonds is 4. The first kappa shape index (κ1) is 16.8. The minimum atomic E-state index is -0.310. The van der Waals surface area contributed by atoms with Gasteiger partial charge in [-0.1, -0.05) is 30.3 Å². The van der Waals surface area contributed by atoms with Crippen LogP contribution in [0.25, 0.3) is 0 Å². The summed E-state index contributed by atoms with van der Waals surface area (Å²) in [7, 11) is 0. The van der Waals surface area contributed by atoms with E-state index in [2.05, 4.69) is 0 Å². The van der Waals surface area contributed by atoms with Gasteiger partial charge in [-0.25, -0.2) is 0 Å². The van der Waals surface area contributed by atoms with Crippen LogP contribution in [-0.4, -0.2) is 47.3 Å². The fourth-order valence-electron chi connectivity index (χ4n) is 2.81. The van der Waals surface area contributed by atoms with Gasteiger partial charge in [0.2, 0.25) is 11.8 Å². The van der Waals surface area contributed by atoms with Gasteiger partial charge < -0.3 is 15.5 Å². The molecule has 1 heterocycles. The summed E-state index contributed by atoms with van der Waals surface area (Å²) in [6.07, 6.45) is 2.47. The fourth-order valence-corrected chi connectivity index (χ4v) is 2.81. The molecule has 2 amide bonds. The van der Waals surface area contributed by atoms with Crippen molar-refractivity contribution in [2.75, 3.05) is 19.6 Å². The summed E-state index contributed by atoms with van der Waals surface area (Å²) in [5, 5.41) is 0. The first-order valence-electron chi connectivity index (χ1n) is 7.53. The van der Waals surface area contributed by atoms with Gasteiger partial charge in [0.15, 0.2) is 0 Å². The molecule has 2 aliphatic rings. The Morgan fingerprint density at radius 1 is 1.23 bits per heavy atom. The molecule has 1 aliphatic heterocycles. The molecule has 3 rings (SSSR count). The van der Waals surface area contributed by atoms with E-state index in [1.807, 2.05) is 35.2 Å². The average molecular weight is 324 g/mol. The minimum absolute atomic E-state index is 0. The third-order valence-electron chi connectivity index (χ3n) is 4.22. The second-order valence-corrected chi connectivity index (χ2v) is 5.85. The van der Waals surface area contributed by atoms with E-state index >= 15 is 0 Å². The van der Waals surface area contributed by atoms with Gasteiger partial charge >= 0.3 is 0 Å². The first-order chi connectivity index (χ1) is 10.1. The molecule has 0 bridgehead atoms. The quantitative estimate of drug-likeness (QED) is 0.909. The van der Waals surface area contributed by atoms with Crippen molar-refractivity contribution >= 4 is 24.2 Å². The number of amides is 2. The van der Waals surface area contributed by atoms with Crippen molar-refractivity contribution in [1.29, 1.82) is 0 Å². The summed E-state index contributed by atoms with van der Waals surface area (Å²) in [5.74, 6) is 0.0422. The highest BCUT2D eigenvalue weighted by molar-refractivity contribution is 5.86. The summed E-state index contributed by atoms with van der Waals surface area (Å²) in [6.45, 7) is 1.50. The van der Waals surface area contributed by atoms with Crippen LogP contribution in [0.15, 0.2) is 30.3 Å². The fraction of sp³-hybridized carbons (Fsp3) is 0.500. The van der Waals surface area contributed by atoms with Gasteiger partial charge in [-0.05, 0) is 18.4 Å². The molecule has 1 atom stereocenters. The van der Waals surface area contributed by atoms with Crippen molar-refractivity contribution < 1.29 is 9.59 Å². The molecule has 1 saturated heterocycles. The predicted molar refractivity (Wildman–Crippen MR) is 86.6 cm³/mol. The third kappa shape index (κ3) is 3.78. The third-order valence-corrected chi connectivity index (χ3v) is 4.22. The Bertz CT molecular complexity index is 533. The van der Waals surface area contributed by atoms with Crippen molar-refractivity contribution in [2.45, 2.75) is 31.3 Å². The molecule has 120 valence electrons. The van der Waals surface area contributed by atoms with Gasteiger partial charge in [-0.15, -0.1) is 12.4 Å². The smallest absolute Gasteiger partial charge is 0.242 e. The normalized spacial score (nSPS) is 19.6. The standard InChI is InChI=1S/C16H21N3O2.ClH/c17-14(12-4-2-1-3-5-12)10-15(20)18-8-9-19(13-6-7-13)16(21)11-18;/h1-5,13-14H,6-11,17H2;1H. The van der Waals surface area contributed by atoms with Crippen LogP contribution < -0.4 is 5.73 Å². The Morgan fingerprint density at radius 3 is 2.50 bits per heavy atom. The van der Waals surface area contributed by atoms with Gasteiger partial charge in [-0.2, -0.15) is 0 Å². The number of hydrogen-bond donors (Lipinski definition) is 1. The Kier molecular flexibility index (Phi) is 5.42. The van der Waals surface area contributed by atoms with E-state index in [0.717, 1.165) is 18.4 Å². The minimum Gasteiger partial charge on any atom is -0.336 e. The summed E-state index contributed by atoms with van der Waals surface area (Å²) < 4.78 is 0. The zero-order valence-electron chi connectivity index (χ0n) is 12.5. The van der Waals surface area contributed by atoms with Gasteiger partial charge in [0.1, 0.15) is 0 Å². The van der Waals surface area contributed by atoms with Crippen LogP contribution in [0.1, 0.15) is 30.9 Å². The van der Waals surface area contributed by atoms with Crippen molar-refractivity contribution in [3.05, 3.63) is 35.9 Å². The summed E-state index contributed by atoms with van der Waals surface area (Å²) in [6, 6.07) is 9.72. The monoisotopic (exact) mass is 323 g/mol. The topological polar surface area (TPSA) is 66.6 Å². The van der Waals surface area contributed by atoms with Crippen LogP contribution in [0.4, 0.5) is 0 Å². The number of carbonyl (C=O) groups excluding carboxylic acids is 2. The molecule has 2 N–H and O–H groups in total. The lowest BCUT2D eigenvalue weighted by Crippen LogP contribution is -2.53. The van der Waals surface area contributed by atoms with Crippen molar-refractivity contribution in [2.24, 2.45) is 5.73 Å². The molecule has 1 aromatic rings. The number of halogens is 1. The zero-order chi connectivity index (χ0) is 14.8. The van der Waals surface area contributed by atoms with E-state index in [0.29, 0.717) is 19.1 Å². The molecule has 2 fully saturated rings. The lowest BCUT2D eigenvalue weighted by Gasteiger charge is -2.35. The molecule has 22 heavy (non-hydrogen) atoms. The summed E-state index contributed by atoms with van der Waals surface area (Å²) in [5.41, 5.74) is 7.03. The molecule has 0 spiro atoms. The van der Waals surface area contributed by atoms with E-state index in [1.54, 1.807) is 4.90 Å². The highest BCUT2D eigenvalue weighted by Crippen LogP contribution is 2.28. The Hall–Kier alpha value is -1.59. The highest BCUT2D eigenvalue weighted by atomic mass is 35.5. The largest absolute Gasteiger partial charge is 0.336 e. The van der Waals surface area contributed by atoms with Crippen LogP contribution in [0.5, 0.6) is 0 Å². The molecule has 1 aliphatic carbocycles. The van der Waals surface area contributed by atoms with Crippen LogP contribution >= 0.6 is 12.4 Å². The lowest BCUT2D eigenvalue weighted by atomic mass is 10.0. The van der Waals surface area contributed by atoms with Crippen molar-refractivity contribution in [3.63, 3.8) is 0 Å². The van der Waals surface area contributed by atoms with Crippen LogP contribution in [-0.2, 0) is 9.59 Å². The summed E-state index contributed by atoms with van der Waals surface area (Å²) >= 11 is 0.